The summed E-state index contributed by atoms with van der Waals surface area (Å²) < 4.78 is 5.95. The number of rotatable bonds is 5. The molecule has 1 aromatic heterocycles. The maximum atomic E-state index is 12.3. The molecule has 0 aliphatic carbocycles. The highest BCUT2D eigenvalue weighted by atomic mass is 16.5. The molecule has 0 saturated carbocycles. The number of fused-ring (bicyclic) bond motifs is 1. The summed E-state index contributed by atoms with van der Waals surface area (Å²) in [5, 5.41) is 0.647. The fraction of sp³-hybridized carbons (Fsp3) is 0.579. The van der Waals surface area contributed by atoms with Crippen molar-refractivity contribution < 1.29 is 4.74 Å². The summed E-state index contributed by atoms with van der Waals surface area (Å²) in [5.41, 5.74) is 0.704. The molecular weight excluding hydrogens is 302 g/mol. The molecule has 1 aromatic carbocycles. The summed E-state index contributed by atoms with van der Waals surface area (Å²) in [6.45, 7) is 9.25. The average Bonchev–Trinajstić information content (AvgIpc) is 2.60. The molecule has 0 bridgehead atoms. The van der Waals surface area contributed by atoms with E-state index in [0.717, 1.165) is 43.9 Å². The topological polar surface area (TPSA) is 58.2 Å². The first-order valence-corrected chi connectivity index (χ1v) is 8.89. The summed E-state index contributed by atoms with van der Waals surface area (Å²) in [6.07, 6.45) is 2.43. The largest absolute Gasteiger partial charge is 0.378 e. The van der Waals surface area contributed by atoms with Gasteiger partial charge in [0.15, 0.2) is 0 Å². The summed E-state index contributed by atoms with van der Waals surface area (Å²) in [5.74, 6) is 1.33. The van der Waals surface area contributed by atoms with Crippen LogP contribution in [0.5, 0.6) is 0 Å². The SMILES string of the molecule is CC(C)COC1CCN([C@@H](C)c2nc3ccccc3c(=O)[nH]2)CC1. The van der Waals surface area contributed by atoms with Crippen molar-refractivity contribution in [1.82, 2.24) is 14.9 Å². The lowest BCUT2D eigenvalue weighted by Gasteiger charge is -2.35. The first kappa shape index (κ1) is 17.1. The number of H-pyrrole nitrogens is 1. The Balaban J connectivity index is 1.67. The molecule has 3 rings (SSSR count). The minimum Gasteiger partial charge on any atom is -0.378 e. The van der Waals surface area contributed by atoms with Gasteiger partial charge in [0, 0.05) is 19.7 Å². The van der Waals surface area contributed by atoms with Gasteiger partial charge < -0.3 is 9.72 Å². The zero-order valence-corrected chi connectivity index (χ0v) is 14.8. The molecule has 0 spiro atoms. The fourth-order valence-corrected chi connectivity index (χ4v) is 3.23. The van der Waals surface area contributed by atoms with Crippen molar-refractivity contribution in [3.8, 4) is 0 Å². The Kier molecular flexibility index (Phi) is 5.31. The molecule has 0 unspecified atom stereocenters. The van der Waals surface area contributed by atoms with E-state index in [-0.39, 0.29) is 11.6 Å². The summed E-state index contributed by atoms with van der Waals surface area (Å²) in [7, 11) is 0. The van der Waals surface area contributed by atoms with E-state index >= 15 is 0 Å². The second kappa shape index (κ2) is 7.45. The van der Waals surface area contributed by atoms with E-state index in [4.69, 9.17) is 4.74 Å². The molecule has 1 aliphatic heterocycles. The summed E-state index contributed by atoms with van der Waals surface area (Å²) >= 11 is 0. The second-order valence-electron chi connectivity index (χ2n) is 7.11. The third kappa shape index (κ3) is 3.84. The van der Waals surface area contributed by atoms with Gasteiger partial charge in [0.25, 0.3) is 5.56 Å². The molecule has 1 saturated heterocycles. The van der Waals surface area contributed by atoms with Gasteiger partial charge in [-0.1, -0.05) is 26.0 Å². The number of nitrogens with one attached hydrogen (secondary N) is 1. The van der Waals surface area contributed by atoms with E-state index in [1.54, 1.807) is 0 Å². The number of aromatic amines is 1. The maximum Gasteiger partial charge on any atom is 0.258 e. The third-order valence-corrected chi connectivity index (χ3v) is 4.72. The van der Waals surface area contributed by atoms with Crippen LogP contribution in [0.1, 0.15) is 45.5 Å². The Morgan fingerprint density at radius 1 is 1.25 bits per heavy atom. The molecule has 24 heavy (non-hydrogen) atoms. The highest BCUT2D eigenvalue weighted by Crippen LogP contribution is 2.23. The molecular formula is C19H27N3O2. The number of hydrogen-bond donors (Lipinski definition) is 1. The zero-order valence-electron chi connectivity index (χ0n) is 14.8. The smallest absolute Gasteiger partial charge is 0.258 e. The Bertz CT molecular complexity index is 733. The van der Waals surface area contributed by atoms with Gasteiger partial charge in [-0.05, 0) is 37.8 Å². The van der Waals surface area contributed by atoms with Crippen LogP contribution in [-0.2, 0) is 4.74 Å². The monoisotopic (exact) mass is 329 g/mol. The molecule has 0 radical (unpaired) electrons. The van der Waals surface area contributed by atoms with Gasteiger partial charge in [-0.3, -0.25) is 9.69 Å². The first-order chi connectivity index (χ1) is 11.5. The van der Waals surface area contributed by atoms with Crippen LogP contribution in [0.4, 0.5) is 0 Å². The van der Waals surface area contributed by atoms with Gasteiger partial charge in [-0.25, -0.2) is 4.98 Å². The van der Waals surface area contributed by atoms with Crippen LogP contribution < -0.4 is 5.56 Å². The molecule has 2 heterocycles. The molecule has 5 heteroatoms. The van der Waals surface area contributed by atoms with Crippen LogP contribution >= 0.6 is 0 Å². The van der Waals surface area contributed by atoms with Crippen molar-refractivity contribution in [2.75, 3.05) is 19.7 Å². The van der Waals surface area contributed by atoms with E-state index in [1.807, 2.05) is 24.3 Å². The Morgan fingerprint density at radius 3 is 2.67 bits per heavy atom. The number of nitrogens with zero attached hydrogens (tertiary/aromatic N) is 2. The number of para-hydroxylation sites is 1. The Labute approximate surface area is 143 Å². The van der Waals surface area contributed by atoms with Crippen LogP contribution in [0, 0.1) is 5.92 Å². The van der Waals surface area contributed by atoms with Crippen molar-refractivity contribution in [1.29, 1.82) is 0 Å². The van der Waals surface area contributed by atoms with Crippen LogP contribution in [0.2, 0.25) is 0 Å². The number of likely N-dealkylation sites (tertiary alicyclic amines) is 1. The molecule has 130 valence electrons. The van der Waals surface area contributed by atoms with Crippen molar-refractivity contribution in [2.45, 2.75) is 45.8 Å². The lowest BCUT2D eigenvalue weighted by Crippen LogP contribution is -2.39. The van der Waals surface area contributed by atoms with Gasteiger partial charge in [0.05, 0.1) is 23.0 Å². The number of piperidine rings is 1. The maximum absolute atomic E-state index is 12.3. The van der Waals surface area contributed by atoms with E-state index in [0.29, 0.717) is 17.4 Å². The molecule has 1 aliphatic rings. The van der Waals surface area contributed by atoms with Crippen LogP contribution in [-0.4, -0.2) is 40.7 Å². The molecule has 0 amide bonds. The van der Waals surface area contributed by atoms with Crippen molar-refractivity contribution >= 4 is 10.9 Å². The molecule has 1 atom stereocenters. The van der Waals surface area contributed by atoms with Crippen molar-refractivity contribution in [2.24, 2.45) is 5.92 Å². The van der Waals surface area contributed by atoms with Gasteiger partial charge >= 0.3 is 0 Å². The van der Waals surface area contributed by atoms with Crippen LogP contribution in [0.3, 0.4) is 0 Å². The quantitative estimate of drug-likeness (QED) is 0.915. The lowest BCUT2D eigenvalue weighted by atomic mass is 10.1. The highest BCUT2D eigenvalue weighted by Gasteiger charge is 2.25. The number of aromatic nitrogens is 2. The van der Waals surface area contributed by atoms with Gasteiger partial charge in [-0.2, -0.15) is 0 Å². The molecule has 5 nitrogen and oxygen atoms in total. The number of hydrogen-bond acceptors (Lipinski definition) is 4. The summed E-state index contributed by atoms with van der Waals surface area (Å²) in [4.78, 5) is 22.3. The zero-order chi connectivity index (χ0) is 17.1. The number of benzene rings is 1. The fourth-order valence-electron chi connectivity index (χ4n) is 3.23. The first-order valence-electron chi connectivity index (χ1n) is 8.89. The minimum absolute atomic E-state index is 0.0578. The van der Waals surface area contributed by atoms with Crippen LogP contribution in [0.25, 0.3) is 10.9 Å². The third-order valence-electron chi connectivity index (χ3n) is 4.72. The predicted octanol–water partition coefficient (Wildman–Crippen LogP) is 3.12. The molecule has 1 N–H and O–H groups in total. The van der Waals surface area contributed by atoms with Crippen molar-refractivity contribution in [3.05, 3.63) is 40.4 Å². The Hall–Kier alpha value is -1.72. The predicted molar refractivity (Wildman–Crippen MR) is 96.2 cm³/mol. The van der Waals surface area contributed by atoms with E-state index < -0.39 is 0 Å². The number of ether oxygens (including phenoxy) is 1. The van der Waals surface area contributed by atoms with Crippen molar-refractivity contribution in [3.63, 3.8) is 0 Å². The second-order valence-corrected chi connectivity index (χ2v) is 7.11. The van der Waals surface area contributed by atoms with Gasteiger partial charge in [-0.15, -0.1) is 0 Å². The average molecular weight is 329 g/mol. The highest BCUT2D eigenvalue weighted by molar-refractivity contribution is 5.77. The van der Waals surface area contributed by atoms with Gasteiger partial charge in [0.1, 0.15) is 5.82 Å². The molecule has 1 fully saturated rings. The molecule has 2 aromatic rings. The van der Waals surface area contributed by atoms with Gasteiger partial charge in [0.2, 0.25) is 0 Å². The normalized spacial score (nSPS) is 18.3. The van der Waals surface area contributed by atoms with E-state index in [1.165, 1.54) is 0 Å². The van der Waals surface area contributed by atoms with Crippen LogP contribution in [0.15, 0.2) is 29.1 Å². The lowest BCUT2D eigenvalue weighted by molar-refractivity contribution is -0.0120. The minimum atomic E-state index is -0.0578. The summed E-state index contributed by atoms with van der Waals surface area (Å²) in [6, 6.07) is 7.60. The standard InChI is InChI=1S/C19H27N3O2/c1-13(2)12-24-15-8-10-22(11-9-15)14(3)18-20-17-7-5-4-6-16(17)19(23)21-18/h4-7,13-15H,8-12H2,1-3H3,(H,20,21,23)/t14-/m0/s1. The Morgan fingerprint density at radius 2 is 1.96 bits per heavy atom. The van der Waals surface area contributed by atoms with E-state index in [2.05, 4.69) is 35.6 Å². The van der Waals surface area contributed by atoms with E-state index in [9.17, 15) is 4.79 Å².